The predicted molar refractivity (Wildman–Crippen MR) is 103 cm³/mol. The molecular weight excluding hydrogens is 368 g/mol. The largest absolute Gasteiger partial charge is 0.462 e. The molecule has 0 saturated carbocycles. The van der Waals surface area contributed by atoms with E-state index in [4.69, 9.17) is 4.74 Å². The van der Waals surface area contributed by atoms with Gasteiger partial charge in [0.05, 0.1) is 17.9 Å². The standard InChI is InChI=1S/C19H22N2O5S/c1-2-3-13-26-18(22)16-9-11-17(12-10-16)20-19(23)21-27(24,25)14-15-7-5-4-6-8-15/h4-12H,2-3,13-14H2,1H3,(H2,20,21,23). The van der Waals surface area contributed by atoms with E-state index in [1.807, 2.05) is 11.6 Å². The first-order valence-electron chi connectivity index (χ1n) is 8.52. The molecule has 0 aliphatic rings. The molecule has 2 aromatic carbocycles. The lowest BCUT2D eigenvalue weighted by Gasteiger charge is -2.09. The average Bonchev–Trinajstić information content (AvgIpc) is 2.62. The molecular formula is C19H22N2O5S. The lowest BCUT2D eigenvalue weighted by atomic mass is 10.2. The summed E-state index contributed by atoms with van der Waals surface area (Å²) >= 11 is 0. The number of amides is 2. The van der Waals surface area contributed by atoms with Crippen molar-refractivity contribution in [1.82, 2.24) is 4.72 Å². The number of sulfonamides is 1. The third-order valence-electron chi connectivity index (χ3n) is 3.56. The van der Waals surface area contributed by atoms with E-state index in [0.29, 0.717) is 23.4 Å². The number of benzene rings is 2. The van der Waals surface area contributed by atoms with Gasteiger partial charge in [0.15, 0.2) is 0 Å². The van der Waals surface area contributed by atoms with Crippen LogP contribution in [0.1, 0.15) is 35.7 Å². The second kappa shape index (κ2) is 9.72. The fourth-order valence-corrected chi connectivity index (χ4v) is 3.25. The summed E-state index contributed by atoms with van der Waals surface area (Å²) in [6, 6.07) is 13.7. The van der Waals surface area contributed by atoms with Gasteiger partial charge in [-0.2, -0.15) is 0 Å². The van der Waals surface area contributed by atoms with Crippen molar-refractivity contribution in [3.63, 3.8) is 0 Å². The number of anilines is 1. The molecule has 0 spiro atoms. The van der Waals surface area contributed by atoms with Crippen molar-refractivity contribution in [3.8, 4) is 0 Å². The van der Waals surface area contributed by atoms with Gasteiger partial charge in [0, 0.05) is 5.69 Å². The first-order valence-corrected chi connectivity index (χ1v) is 10.2. The van der Waals surface area contributed by atoms with Crippen molar-refractivity contribution in [2.75, 3.05) is 11.9 Å². The Kier molecular flexibility index (Phi) is 7.36. The molecule has 0 aliphatic carbocycles. The molecule has 2 rings (SSSR count). The topological polar surface area (TPSA) is 102 Å². The average molecular weight is 390 g/mol. The molecule has 0 bridgehead atoms. The highest BCUT2D eigenvalue weighted by atomic mass is 32.2. The molecule has 0 aromatic heterocycles. The summed E-state index contributed by atoms with van der Waals surface area (Å²) in [6.07, 6.45) is 1.72. The summed E-state index contributed by atoms with van der Waals surface area (Å²) in [4.78, 5) is 23.7. The van der Waals surface area contributed by atoms with Gasteiger partial charge in [0.2, 0.25) is 10.0 Å². The number of unbranched alkanes of at least 4 members (excludes halogenated alkanes) is 1. The number of rotatable bonds is 8. The van der Waals surface area contributed by atoms with Crippen LogP contribution in [0.2, 0.25) is 0 Å². The molecule has 0 aliphatic heterocycles. The van der Waals surface area contributed by atoms with Gasteiger partial charge >= 0.3 is 12.0 Å². The van der Waals surface area contributed by atoms with E-state index in [1.54, 1.807) is 30.3 Å². The molecule has 0 heterocycles. The van der Waals surface area contributed by atoms with Crippen molar-refractivity contribution in [2.45, 2.75) is 25.5 Å². The molecule has 2 aromatic rings. The predicted octanol–water partition coefficient (Wildman–Crippen LogP) is 3.30. The summed E-state index contributed by atoms with van der Waals surface area (Å²) in [5.41, 5.74) is 1.28. The Morgan fingerprint density at radius 2 is 1.67 bits per heavy atom. The number of carbonyl (C=O) groups excluding carboxylic acids is 2. The van der Waals surface area contributed by atoms with Gasteiger partial charge in [-0.1, -0.05) is 43.7 Å². The Bertz CT molecular complexity index is 865. The molecule has 0 radical (unpaired) electrons. The fourth-order valence-electron chi connectivity index (χ4n) is 2.21. The molecule has 0 atom stereocenters. The van der Waals surface area contributed by atoms with Gasteiger partial charge < -0.3 is 10.1 Å². The number of nitrogens with one attached hydrogen (secondary N) is 2. The highest BCUT2D eigenvalue weighted by Crippen LogP contribution is 2.11. The zero-order valence-corrected chi connectivity index (χ0v) is 15.8. The van der Waals surface area contributed by atoms with Crippen LogP contribution in [-0.2, 0) is 20.5 Å². The van der Waals surface area contributed by atoms with Gasteiger partial charge in [-0.15, -0.1) is 0 Å². The third-order valence-corrected chi connectivity index (χ3v) is 4.77. The molecule has 0 unspecified atom stereocenters. The SMILES string of the molecule is CCCCOC(=O)c1ccc(NC(=O)NS(=O)(=O)Cc2ccccc2)cc1. The zero-order valence-electron chi connectivity index (χ0n) is 15.0. The first-order chi connectivity index (χ1) is 12.9. The number of carbonyl (C=O) groups is 2. The van der Waals surface area contributed by atoms with Crippen LogP contribution in [-0.4, -0.2) is 27.0 Å². The van der Waals surface area contributed by atoms with E-state index < -0.39 is 22.0 Å². The Labute approximate surface area is 158 Å². The Morgan fingerprint density at radius 3 is 2.30 bits per heavy atom. The van der Waals surface area contributed by atoms with E-state index >= 15 is 0 Å². The van der Waals surface area contributed by atoms with Crippen molar-refractivity contribution in [1.29, 1.82) is 0 Å². The third kappa shape index (κ3) is 7.10. The molecule has 8 heteroatoms. The van der Waals surface area contributed by atoms with Gasteiger partial charge in [-0.3, -0.25) is 0 Å². The van der Waals surface area contributed by atoms with E-state index in [1.165, 1.54) is 24.3 Å². The summed E-state index contributed by atoms with van der Waals surface area (Å²) in [7, 11) is -3.82. The quantitative estimate of drug-likeness (QED) is 0.532. The van der Waals surface area contributed by atoms with Gasteiger partial charge in [0.25, 0.3) is 0 Å². The molecule has 0 fully saturated rings. The minimum Gasteiger partial charge on any atom is -0.462 e. The molecule has 0 saturated heterocycles. The number of hydrogen-bond acceptors (Lipinski definition) is 5. The number of ether oxygens (including phenoxy) is 1. The van der Waals surface area contributed by atoms with Crippen LogP contribution >= 0.6 is 0 Å². The van der Waals surface area contributed by atoms with Crippen LogP contribution < -0.4 is 10.0 Å². The first kappa shape index (κ1) is 20.4. The maximum atomic E-state index is 12.0. The van der Waals surface area contributed by atoms with Crippen molar-refractivity contribution >= 4 is 27.7 Å². The smallest absolute Gasteiger partial charge is 0.338 e. The van der Waals surface area contributed by atoms with Crippen molar-refractivity contribution in [3.05, 3.63) is 65.7 Å². The Hall–Kier alpha value is -2.87. The van der Waals surface area contributed by atoms with Crippen LogP contribution in [0.15, 0.2) is 54.6 Å². The van der Waals surface area contributed by atoms with Crippen LogP contribution in [0.4, 0.5) is 10.5 Å². The monoisotopic (exact) mass is 390 g/mol. The molecule has 2 amide bonds. The molecule has 27 heavy (non-hydrogen) atoms. The minimum absolute atomic E-state index is 0.302. The fraction of sp³-hybridized carbons (Fsp3) is 0.263. The Balaban J connectivity index is 1.89. The highest BCUT2D eigenvalue weighted by Gasteiger charge is 2.15. The highest BCUT2D eigenvalue weighted by molar-refractivity contribution is 7.89. The second-order valence-electron chi connectivity index (χ2n) is 5.87. The zero-order chi connectivity index (χ0) is 19.7. The van der Waals surface area contributed by atoms with Crippen LogP contribution in [0.25, 0.3) is 0 Å². The summed E-state index contributed by atoms with van der Waals surface area (Å²) < 4.78 is 31.1. The summed E-state index contributed by atoms with van der Waals surface area (Å²) in [5, 5.41) is 2.42. The summed E-state index contributed by atoms with van der Waals surface area (Å²) in [5.74, 6) is -0.742. The van der Waals surface area contributed by atoms with Crippen molar-refractivity contribution in [2.24, 2.45) is 0 Å². The Morgan fingerprint density at radius 1 is 1.00 bits per heavy atom. The minimum atomic E-state index is -3.82. The van der Waals surface area contributed by atoms with E-state index in [0.717, 1.165) is 12.8 Å². The lowest BCUT2D eigenvalue weighted by Crippen LogP contribution is -2.35. The van der Waals surface area contributed by atoms with Gasteiger partial charge in [-0.25, -0.2) is 22.7 Å². The van der Waals surface area contributed by atoms with Gasteiger partial charge in [0.1, 0.15) is 0 Å². The van der Waals surface area contributed by atoms with E-state index in [2.05, 4.69) is 5.32 Å². The van der Waals surface area contributed by atoms with Crippen LogP contribution in [0, 0.1) is 0 Å². The molecule has 144 valence electrons. The number of urea groups is 1. The molecule has 7 nitrogen and oxygen atoms in total. The normalized spacial score (nSPS) is 10.9. The van der Waals surface area contributed by atoms with E-state index in [-0.39, 0.29) is 5.75 Å². The van der Waals surface area contributed by atoms with Gasteiger partial charge in [-0.05, 0) is 36.2 Å². The summed E-state index contributed by atoms with van der Waals surface area (Å²) in [6.45, 7) is 2.36. The number of hydrogen-bond donors (Lipinski definition) is 2. The second-order valence-corrected chi connectivity index (χ2v) is 7.59. The maximum absolute atomic E-state index is 12.0. The van der Waals surface area contributed by atoms with E-state index in [9.17, 15) is 18.0 Å². The lowest BCUT2D eigenvalue weighted by molar-refractivity contribution is 0.0499. The van der Waals surface area contributed by atoms with Crippen molar-refractivity contribution < 1.29 is 22.7 Å². The molecule has 2 N–H and O–H groups in total. The number of esters is 1. The maximum Gasteiger partial charge on any atom is 0.338 e. The van der Waals surface area contributed by atoms with Crippen LogP contribution in [0.5, 0.6) is 0 Å². The van der Waals surface area contributed by atoms with Crippen LogP contribution in [0.3, 0.4) is 0 Å².